The zero-order valence-electron chi connectivity index (χ0n) is 21.1. The smallest absolute Gasteiger partial charge is 0.276 e. The lowest BCUT2D eigenvalue weighted by Crippen LogP contribution is -2.34. The standard InChI is InChI=1S/C26H27F2N7O3/c1-14(2)34-21-9-7-19(24(15(21)11-30-34)33-12-18(29)22(13-33)38-3)31-26(37)20-8-10-23(36)35(32-20)25-16(27)5-4-6-17(25)28/h4-11,14,18,22H,12-13,29H2,1-3H3,(H,31,37)/t18-,22-/m0/s1. The Hall–Kier alpha value is -4.16. The Bertz CT molecular complexity index is 1560. The van der Waals surface area contributed by atoms with Gasteiger partial charge in [0.15, 0.2) is 11.6 Å². The van der Waals surface area contributed by atoms with E-state index in [2.05, 4.69) is 15.5 Å². The summed E-state index contributed by atoms with van der Waals surface area (Å²) in [5, 5.41) is 12.1. The van der Waals surface area contributed by atoms with Gasteiger partial charge >= 0.3 is 0 Å². The summed E-state index contributed by atoms with van der Waals surface area (Å²) in [4.78, 5) is 27.7. The van der Waals surface area contributed by atoms with Crippen LogP contribution < -0.4 is 21.5 Å². The predicted molar refractivity (Wildman–Crippen MR) is 139 cm³/mol. The van der Waals surface area contributed by atoms with E-state index in [-0.39, 0.29) is 23.9 Å². The average Bonchev–Trinajstić information content (AvgIpc) is 3.48. The number of carbonyl (C=O) groups is 1. The van der Waals surface area contributed by atoms with Crippen molar-refractivity contribution in [1.82, 2.24) is 19.6 Å². The van der Waals surface area contributed by atoms with Crippen LogP contribution in [-0.2, 0) is 4.74 Å². The molecule has 38 heavy (non-hydrogen) atoms. The van der Waals surface area contributed by atoms with Crippen LogP contribution in [0.15, 0.2) is 53.5 Å². The number of para-hydroxylation sites is 1. The van der Waals surface area contributed by atoms with Gasteiger partial charge in [-0.15, -0.1) is 0 Å². The first-order valence-electron chi connectivity index (χ1n) is 12.1. The summed E-state index contributed by atoms with van der Waals surface area (Å²) in [6.45, 7) is 5.03. The van der Waals surface area contributed by atoms with Crippen LogP contribution in [0.1, 0.15) is 30.4 Å². The lowest BCUT2D eigenvalue weighted by Gasteiger charge is -2.23. The maximum absolute atomic E-state index is 14.3. The Morgan fingerprint density at radius 2 is 1.84 bits per heavy atom. The molecule has 5 rings (SSSR count). The number of nitrogens with two attached hydrogens (primary N) is 1. The van der Waals surface area contributed by atoms with Crippen LogP contribution in [0.4, 0.5) is 20.2 Å². The molecular weight excluding hydrogens is 496 g/mol. The van der Waals surface area contributed by atoms with E-state index >= 15 is 0 Å². The van der Waals surface area contributed by atoms with Gasteiger partial charge < -0.3 is 20.7 Å². The van der Waals surface area contributed by atoms with Gasteiger partial charge in [0.1, 0.15) is 11.4 Å². The summed E-state index contributed by atoms with van der Waals surface area (Å²) >= 11 is 0. The molecule has 198 valence electrons. The Balaban J connectivity index is 1.56. The minimum Gasteiger partial charge on any atom is -0.378 e. The number of fused-ring (bicyclic) bond motifs is 1. The van der Waals surface area contributed by atoms with Gasteiger partial charge in [-0.2, -0.15) is 14.9 Å². The maximum Gasteiger partial charge on any atom is 0.276 e. The van der Waals surface area contributed by atoms with Gasteiger partial charge in [-0.1, -0.05) is 6.07 Å². The normalized spacial score (nSPS) is 17.5. The molecule has 0 spiro atoms. The van der Waals surface area contributed by atoms with E-state index < -0.39 is 28.8 Å². The van der Waals surface area contributed by atoms with Gasteiger partial charge in [-0.3, -0.25) is 14.3 Å². The first kappa shape index (κ1) is 25.5. The van der Waals surface area contributed by atoms with Crippen LogP contribution in [0, 0.1) is 11.6 Å². The van der Waals surface area contributed by atoms with Gasteiger partial charge in [-0.05, 0) is 44.2 Å². The van der Waals surface area contributed by atoms with E-state index in [0.717, 1.165) is 29.1 Å². The zero-order valence-corrected chi connectivity index (χ0v) is 21.1. The highest BCUT2D eigenvalue weighted by Gasteiger charge is 2.33. The number of anilines is 2. The molecule has 10 nitrogen and oxygen atoms in total. The van der Waals surface area contributed by atoms with Gasteiger partial charge in [0.05, 0.1) is 35.2 Å². The predicted octanol–water partition coefficient (Wildman–Crippen LogP) is 2.86. The molecule has 2 aromatic carbocycles. The van der Waals surface area contributed by atoms with Crippen molar-refractivity contribution in [2.24, 2.45) is 5.73 Å². The number of carbonyl (C=O) groups excluding carboxylic acids is 1. The van der Waals surface area contributed by atoms with Crippen molar-refractivity contribution in [1.29, 1.82) is 0 Å². The third kappa shape index (κ3) is 4.41. The molecule has 0 bridgehead atoms. The number of nitrogens with zero attached hydrogens (tertiary/aromatic N) is 5. The Labute approximate surface area is 216 Å². The highest BCUT2D eigenvalue weighted by molar-refractivity contribution is 6.09. The molecule has 0 unspecified atom stereocenters. The van der Waals surface area contributed by atoms with Crippen LogP contribution in [-0.4, -0.2) is 57.8 Å². The van der Waals surface area contributed by atoms with E-state index in [1.165, 1.54) is 12.1 Å². The van der Waals surface area contributed by atoms with Crippen molar-refractivity contribution in [3.63, 3.8) is 0 Å². The van der Waals surface area contributed by atoms with Gasteiger partial charge in [-0.25, -0.2) is 8.78 Å². The minimum atomic E-state index is -0.981. The fourth-order valence-electron chi connectivity index (χ4n) is 4.76. The second kappa shape index (κ2) is 9.95. The summed E-state index contributed by atoms with van der Waals surface area (Å²) in [7, 11) is 1.60. The van der Waals surface area contributed by atoms with Crippen molar-refractivity contribution >= 4 is 28.2 Å². The third-order valence-electron chi connectivity index (χ3n) is 6.60. The van der Waals surface area contributed by atoms with Crippen molar-refractivity contribution in [2.45, 2.75) is 32.0 Å². The Kier molecular flexibility index (Phi) is 6.67. The summed E-state index contributed by atoms with van der Waals surface area (Å²) in [5.74, 6) is -2.63. The first-order valence-corrected chi connectivity index (χ1v) is 12.1. The monoisotopic (exact) mass is 523 g/mol. The fourth-order valence-corrected chi connectivity index (χ4v) is 4.76. The average molecular weight is 524 g/mol. The Morgan fingerprint density at radius 1 is 1.11 bits per heavy atom. The summed E-state index contributed by atoms with van der Waals surface area (Å²) in [6.07, 6.45) is 1.54. The molecule has 0 aliphatic carbocycles. The van der Waals surface area contributed by atoms with Crippen LogP contribution >= 0.6 is 0 Å². The number of hydrogen-bond donors (Lipinski definition) is 2. The van der Waals surface area contributed by atoms with E-state index in [4.69, 9.17) is 10.5 Å². The molecule has 2 atom stereocenters. The van der Waals surface area contributed by atoms with Crippen LogP contribution in [0.25, 0.3) is 16.6 Å². The number of halogens is 2. The molecule has 1 aliphatic rings. The molecule has 1 saturated heterocycles. The molecule has 1 fully saturated rings. The number of ether oxygens (including phenoxy) is 1. The number of hydrogen-bond acceptors (Lipinski definition) is 7. The molecule has 12 heteroatoms. The van der Waals surface area contributed by atoms with Crippen molar-refractivity contribution in [3.05, 3.63) is 76.3 Å². The van der Waals surface area contributed by atoms with Crippen molar-refractivity contribution < 1.29 is 18.3 Å². The number of benzene rings is 2. The molecule has 0 saturated carbocycles. The molecule has 1 aliphatic heterocycles. The molecular formula is C26H27F2N7O3. The van der Waals surface area contributed by atoms with Crippen LogP contribution in [0.5, 0.6) is 0 Å². The summed E-state index contributed by atoms with van der Waals surface area (Å²) in [5.41, 5.74) is 6.69. The topological polar surface area (TPSA) is 120 Å². The van der Waals surface area contributed by atoms with Crippen LogP contribution in [0.3, 0.4) is 0 Å². The number of methoxy groups -OCH3 is 1. The van der Waals surface area contributed by atoms with Gasteiger partial charge in [0.2, 0.25) is 0 Å². The summed E-state index contributed by atoms with van der Waals surface area (Å²) < 4.78 is 36.6. The van der Waals surface area contributed by atoms with Gasteiger partial charge in [0.25, 0.3) is 11.5 Å². The number of aromatic nitrogens is 4. The fraction of sp³-hybridized carbons (Fsp3) is 0.308. The zero-order chi connectivity index (χ0) is 27.1. The second-order valence-corrected chi connectivity index (χ2v) is 9.41. The minimum absolute atomic E-state index is 0.109. The van der Waals surface area contributed by atoms with Crippen molar-refractivity contribution in [2.75, 3.05) is 30.4 Å². The molecule has 1 amide bonds. The first-order chi connectivity index (χ1) is 18.2. The molecule has 3 N–H and O–H groups in total. The van der Waals surface area contributed by atoms with E-state index in [9.17, 15) is 18.4 Å². The second-order valence-electron chi connectivity index (χ2n) is 9.41. The molecule has 4 aromatic rings. The van der Waals surface area contributed by atoms with E-state index in [1.807, 2.05) is 29.5 Å². The van der Waals surface area contributed by atoms with Gasteiger partial charge in [0, 0.05) is 37.7 Å². The number of nitrogens with one attached hydrogen (secondary N) is 1. The SMILES string of the molecule is CO[C@H]1CN(c2c(NC(=O)c3ccc(=O)n(-c4c(F)cccc4F)n3)ccc3c2cnn3C(C)C)C[C@@H]1N. The highest BCUT2D eigenvalue weighted by Crippen LogP contribution is 2.37. The highest BCUT2D eigenvalue weighted by atomic mass is 19.1. The molecule has 0 radical (unpaired) electrons. The van der Waals surface area contributed by atoms with E-state index in [1.54, 1.807) is 19.4 Å². The van der Waals surface area contributed by atoms with E-state index in [0.29, 0.717) is 29.1 Å². The molecule has 2 aromatic heterocycles. The Morgan fingerprint density at radius 3 is 2.50 bits per heavy atom. The lowest BCUT2D eigenvalue weighted by atomic mass is 10.1. The van der Waals surface area contributed by atoms with Crippen LogP contribution in [0.2, 0.25) is 0 Å². The third-order valence-corrected chi connectivity index (χ3v) is 6.60. The maximum atomic E-state index is 14.3. The molecule has 3 heterocycles. The summed E-state index contributed by atoms with van der Waals surface area (Å²) in [6, 6.07) is 8.91. The van der Waals surface area contributed by atoms with Crippen molar-refractivity contribution in [3.8, 4) is 5.69 Å². The number of amides is 1. The largest absolute Gasteiger partial charge is 0.378 e. The quantitative estimate of drug-likeness (QED) is 0.399. The number of rotatable bonds is 6. The lowest BCUT2D eigenvalue weighted by molar-refractivity contribution is 0.102.